The van der Waals surface area contributed by atoms with Gasteiger partial charge in [0.15, 0.2) is 11.0 Å². The van der Waals surface area contributed by atoms with Gasteiger partial charge < -0.3 is 9.88 Å². The van der Waals surface area contributed by atoms with Crippen LogP contribution in [0, 0.1) is 0 Å². The van der Waals surface area contributed by atoms with E-state index in [1.54, 1.807) is 0 Å². The molecule has 1 amide bonds. The maximum Gasteiger partial charge on any atom is 0.233 e. The number of carbonyl (C=O) groups is 1. The Morgan fingerprint density at radius 1 is 1.29 bits per heavy atom. The molecule has 1 N–H and O–H groups in total. The lowest BCUT2D eigenvalue weighted by Gasteiger charge is -2.15. The van der Waals surface area contributed by atoms with Crippen LogP contribution >= 0.6 is 23.4 Å². The quantitative estimate of drug-likeness (QED) is 0.478. The molecule has 0 aliphatic heterocycles. The summed E-state index contributed by atoms with van der Waals surface area (Å²) in [5.74, 6) is 0.832. The van der Waals surface area contributed by atoms with Gasteiger partial charge in [-0.1, -0.05) is 35.0 Å². The van der Waals surface area contributed by atoms with Crippen LogP contribution in [0.5, 0.6) is 0 Å². The summed E-state index contributed by atoms with van der Waals surface area (Å²) in [6.45, 7) is 5.40. The Hall–Kier alpha value is -1.79. The van der Waals surface area contributed by atoms with Crippen LogP contribution in [0.3, 0.4) is 0 Å². The van der Waals surface area contributed by atoms with E-state index in [1.807, 2.05) is 35.8 Å². The summed E-state index contributed by atoms with van der Waals surface area (Å²) in [7, 11) is 0. The van der Waals surface area contributed by atoms with E-state index in [9.17, 15) is 4.79 Å². The second-order valence-electron chi connectivity index (χ2n) is 6.97. The predicted octanol–water partition coefficient (Wildman–Crippen LogP) is 5.11. The Morgan fingerprint density at radius 3 is 2.75 bits per heavy atom. The fourth-order valence-electron chi connectivity index (χ4n) is 3.31. The van der Waals surface area contributed by atoms with Gasteiger partial charge in [0.25, 0.3) is 0 Å². The highest BCUT2D eigenvalue weighted by Crippen LogP contribution is 2.27. The van der Waals surface area contributed by atoms with E-state index in [1.165, 1.54) is 43.0 Å². The minimum atomic E-state index is -0.229. The minimum absolute atomic E-state index is 0.0418. The topological polar surface area (TPSA) is 59.8 Å². The van der Waals surface area contributed by atoms with Gasteiger partial charge in [0, 0.05) is 23.7 Å². The van der Waals surface area contributed by atoms with Crippen LogP contribution in [-0.4, -0.2) is 32.5 Å². The molecule has 2 aromatic rings. The Labute approximate surface area is 176 Å². The van der Waals surface area contributed by atoms with Crippen molar-refractivity contribution in [3.05, 3.63) is 40.9 Å². The molecule has 1 aromatic heterocycles. The number of thioether (sulfide) groups is 1. The summed E-state index contributed by atoms with van der Waals surface area (Å²) in [6.07, 6.45) is 8.20. The summed E-state index contributed by atoms with van der Waals surface area (Å²) >= 11 is 7.42. The zero-order valence-electron chi connectivity index (χ0n) is 16.4. The monoisotopic (exact) mass is 418 g/mol. The van der Waals surface area contributed by atoms with Crippen LogP contribution in [0.4, 0.5) is 0 Å². The van der Waals surface area contributed by atoms with E-state index in [2.05, 4.69) is 28.5 Å². The number of carbonyl (C=O) groups excluding carboxylic acids is 1. The number of nitrogens with zero attached hydrogens (tertiary/aromatic N) is 3. The van der Waals surface area contributed by atoms with E-state index in [4.69, 9.17) is 11.6 Å². The van der Waals surface area contributed by atoms with Crippen LogP contribution in [0.1, 0.15) is 46.0 Å². The van der Waals surface area contributed by atoms with Gasteiger partial charge in [-0.05, 0) is 70.2 Å². The average Bonchev–Trinajstić information content (AvgIpc) is 3.11. The maximum absolute atomic E-state index is 12.5. The van der Waals surface area contributed by atoms with Crippen molar-refractivity contribution in [2.75, 3.05) is 6.54 Å². The number of rotatable bonds is 8. The van der Waals surface area contributed by atoms with E-state index < -0.39 is 0 Å². The maximum atomic E-state index is 12.5. The van der Waals surface area contributed by atoms with Crippen molar-refractivity contribution >= 4 is 29.3 Å². The van der Waals surface area contributed by atoms with E-state index in [-0.39, 0.29) is 11.2 Å². The van der Waals surface area contributed by atoms with Crippen LogP contribution in [0.2, 0.25) is 5.02 Å². The normalized spacial score (nSPS) is 15.2. The number of benzene rings is 1. The Bertz CT molecular complexity index is 831. The van der Waals surface area contributed by atoms with Crippen LogP contribution < -0.4 is 5.32 Å². The molecule has 0 bridgehead atoms. The van der Waals surface area contributed by atoms with Gasteiger partial charge in [-0.3, -0.25) is 4.79 Å². The lowest BCUT2D eigenvalue weighted by atomic mass is 9.97. The number of nitrogens with one attached hydrogen (secondary N) is 1. The molecule has 1 heterocycles. The highest BCUT2D eigenvalue weighted by molar-refractivity contribution is 8.00. The molecule has 0 spiro atoms. The average molecular weight is 419 g/mol. The van der Waals surface area contributed by atoms with Crippen molar-refractivity contribution in [2.24, 2.45) is 0 Å². The SMILES string of the molecule is CCn1c(S[C@H](C)C(=O)NCCC2=CCCCC2)nnc1-c1ccc(Cl)cc1. The third kappa shape index (κ3) is 5.39. The van der Waals surface area contributed by atoms with Gasteiger partial charge in [0.1, 0.15) is 0 Å². The standard InChI is InChI=1S/C21H27ClN4OS/c1-3-26-19(17-9-11-18(22)12-10-17)24-25-21(26)28-15(2)20(27)23-14-13-16-7-5-4-6-8-16/h7,9-12,15H,3-6,8,13-14H2,1-2H3,(H,23,27)/t15-/m1/s1. The predicted molar refractivity (Wildman–Crippen MR) is 116 cm³/mol. The Kier molecular flexibility index (Phi) is 7.57. The van der Waals surface area contributed by atoms with Crippen molar-refractivity contribution in [1.82, 2.24) is 20.1 Å². The first kappa shape index (κ1) is 20.9. The zero-order chi connectivity index (χ0) is 19.9. The van der Waals surface area contributed by atoms with Crippen molar-refractivity contribution in [3.63, 3.8) is 0 Å². The molecule has 0 saturated carbocycles. The number of allylic oxidation sites excluding steroid dienone is 1. The van der Waals surface area contributed by atoms with Crippen LogP contribution in [-0.2, 0) is 11.3 Å². The third-order valence-corrected chi connectivity index (χ3v) is 6.25. The summed E-state index contributed by atoms with van der Waals surface area (Å²) in [5.41, 5.74) is 2.44. The molecule has 28 heavy (non-hydrogen) atoms. The smallest absolute Gasteiger partial charge is 0.233 e. The molecule has 0 radical (unpaired) electrons. The number of aromatic nitrogens is 3. The van der Waals surface area contributed by atoms with E-state index in [0.717, 1.165) is 29.5 Å². The minimum Gasteiger partial charge on any atom is -0.355 e. The molecule has 7 heteroatoms. The van der Waals surface area contributed by atoms with E-state index in [0.29, 0.717) is 11.6 Å². The molecule has 5 nitrogen and oxygen atoms in total. The highest BCUT2D eigenvalue weighted by Gasteiger charge is 2.20. The van der Waals surface area contributed by atoms with Crippen LogP contribution in [0.25, 0.3) is 11.4 Å². The lowest BCUT2D eigenvalue weighted by Crippen LogP contribution is -2.32. The second-order valence-corrected chi connectivity index (χ2v) is 8.71. The molecule has 150 valence electrons. The van der Waals surface area contributed by atoms with Gasteiger partial charge in [-0.25, -0.2) is 0 Å². The van der Waals surface area contributed by atoms with Crippen molar-refractivity contribution < 1.29 is 4.79 Å². The number of hydrogen-bond donors (Lipinski definition) is 1. The lowest BCUT2D eigenvalue weighted by molar-refractivity contribution is -0.120. The molecule has 1 aliphatic rings. The molecule has 0 fully saturated rings. The van der Waals surface area contributed by atoms with Crippen molar-refractivity contribution in [3.8, 4) is 11.4 Å². The molecular formula is C21H27ClN4OS. The molecular weight excluding hydrogens is 392 g/mol. The van der Waals surface area contributed by atoms with Gasteiger partial charge in [-0.2, -0.15) is 0 Å². The first-order chi connectivity index (χ1) is 13.6. The number of hydrogen-bond acceptors (Lipinski definition) is 4. The molecule has 3 rings (SSSR count). The fourth-order valence-corrected chi connectivity index (χ4v) is 4.37. The molecule has 1 aromatic carbocycles. The van der Waals surface area contributed by atoms with E-state index >= 15 is 0 Å². The van der Waals surface area contributed by atoms with Gasteiger partial charge in [0.2, 0.25) is 5.91 Å². The van der Waals surface area contributed by atoms with Crippen molar-refractivity contribution in [2.45, 2.75) is 62.9 Å². The van der Waals surface area contributed by atoms with Gasteiger partial charge in [0.05, 0.1) is 5.25 Å². The highest BCUT2D eigenvalue weighted by atomic mass is 35.5. The van der Waals surface area contributed by atoms with Crippen molar-refractivity contribution in [1.29, 1.82) is 0 Å². The summed E-state index contributed by atoms with van der Waals surface area (Å²) in [5, 5.41) is 12.9. The molecule has 1 aliphatic carbocycles. The van der Waals surface area contributed by atoms with Gasteiger partial charge >= 0.3 is 0 Å². The van der Waals surface area contributed by atoms with Crippen LogP contribution in [0.15, 0.2) is 41.1 Å². The molecule has 0 saturated heterocycles. The summed E-state index contributed by atoms with van der Waals surface area (Å²) in [6, 6.07) is 7.55. The number of amides is 1. The largest absolute Gasteiger partial charge is 0.355 e. The Balaban J connectivity index is 1.58. The first-order valence-electron chi connectivity index (χ1n) is 9.90. The molecule has 0 unspecified atom stereocenters. The summed E-state index contributed by atoms with van der Waals surface area (Å²) in [4.78, 5) is 12.5. The number of halogens is 1. The fraction of sp³-hybridized carbons (Fsp3) is 0.476. The zero-order valence-corrected chi connectivity index (χ0v) is 18.0. The summed E-state index contributed by atoms with van der Waals surface area (Å²) < 4.78 is 2.03. The first-order valence-corrected chi connectivity index (χ1v) is 11.2. The second kappa shape index (κ2) is 10.1. The molecule has 1 atom stereocenters. The third-order valence-electron chi connectivity index (χ3n) is 4.92. The Morgan fingerprint density at radius 2 is 2.07 bits per heavy atom. The van der Waals surface area contributed by atoms with Gasteiger partial charge in [-0.15, -0.1) is 10.2 Å².